The lowest BCUT2D eigenvalue weighted by Crippen LogP contribution is -2.45. The van der Waals surface area contributed by atoms with E-state index in [-0.39, 0.29) is 5.91 Å². The van der Waals surface area contributed by atoms with Gasteiger partial charge in [-0.1, -0.05) is 91.0 Å². The van der Waals surface area contributed by atoms with Gasteiger partial charge >= 0.3 is 0 Å². The summed E-state index contributed by atoms with van der Waals surface area (Å²) in [4.78, 5) is 13.1. The summed E-state index contributed by atoms with van der Waals surface area (Å²) in [6, 6.07) is 29.8. The molecule has 2 heteroatoms. The number of hydrogen-bond donors (Lipinski definition) is 1. The third-order valence-corrected chi connectivity index (χ3v) is 4.19. The maximum atomic E-state index is 13.1. The Hall–Kier alpha value is -2.87. The molecule has 0 radical (unpaired) electrons. The number of likely N-dealkylation sites (N-methyl/N-ethyl adjacent to an activating group) is 1. The molecule has 2 nitrogen and oxygen atoms in total. The van der Waals surface area contributed by atoms with Crippen LogP contribution in [0.2, 0.25) is 0 Å². The number of amides is 1. The minimum atomic E-state index is -0.863. The maximum absolute atomic E-state index is 13.1. The zero-order chi connectivity index (χ0) is 16.1. The second-order valence-electron chi connectivity index (χ2n) is 5.43. The highest BCUT2D eigenvalue weighted by molar-refractivity contribution is 5.96. The van der Waals surface area contributed by atoms with Gasteiger partial charge < -0.3 is 5.32 Å². The first kappa shape index (κ1) is 15.0. The van der Waals surface area contributed by atoms with E-state index in [1.165, 1.54) is 0 Å². The first-order valence-electron chi connectivity index (χ1n) is 7.69. The highest BCUT2D eigenvalue weighted by Gasteiger charge is 2.42. The average molecular weight is 301 g/mol. The van der Waals surface area contributed by atoms with Crippen LogP contribution in [0.4, 0.5) is 0 Å². The Labute approximate surface area is 136 Å². The zero-order valence-corrected chi connectivity index (χ0v) is 13.1. The molecule has 0 aliphatic rings. The van der Waals surface area contributed by atoms with Gasteiger partial charge in [-0.2, -0.15) is 0 Å². The molecule has 0 saturated heterocycles. The summed E-state index contributed by atoms with van der Waals surface area (Å²) in [6.45, 7) is 0. The van der Waals surface area contributed by atoms with Gasteiger partial charge in [0.25, 0.3) is 0 Å². The van der Waals surface area contributed by atoms with E-state index in [1.54, 1.807) is 7.05 Å². The van der Waals surface area contributed by atoms with E-state index in [1.807, 2.05) is 91.0 Å². The molecule has 0 saturated carbocycles. The molecule has 1 amide bonds. The lowest BCUT2D eigenvalue weighted by atomic mass is 9.68. The molecule has 0 fully saturated rings. The van der Waals surface area contributed by atoms with E-state index in [0.29, 0.717) is 0 Å². The van der Waals surface area contributed by atoms with Crippen molar-refractivity contribution in [3.05, 3.63) is 108 Å². The summed E-state index contributed by atoms with van der Waals surface area (Å²) >= 11 is 0. The molecule has 3 rings (SSSR count). The molecule has 23 heavy (non-hydrogen) atoms. The number of hydrogen-bond acceptors (Lipinski definition) is 1. The topological polar surface area (TPSA) is 29.1 Å². The highest BCUT2D eigenvalue weighted by Crippen LogP contribution is 2.39. The van der Waals surface area contributed by atoms with Crippen molar-refractivity contribution in [3.63, 3.8) is 0 Å². The van der Waals surface area contributed by atoms with Crippen LogP contribution in [0.5, 0.6) is 0 Å². The molecule has 1 N–H and O–H groups in total. The Balaban J connectivity index is 2.38. The fourth-order valence-electron chi connectivity index (χ4n) is 3.15. The fraction of sp³-hybridized carbons (Fsp3) is 0.0952. The van der Waals surface area contributed by atoms with Crippen molar-refractivity contribution in [2.24, 2.45) is 0 Å². The summed E-state index contributed by atoms with van der Waals surface area (Å²) in [6.07, 6.45) is 0. The van der Waals surface area contributed by atoms with Crippen molar-refractivity contribution in [2.45, 2.75) is 5.41 Å². The summed E-state index contributed by atoms with van der Waals surface area (Å²) in [5, 5.41) is 2.86. The maximum Gasteiger partial charge on any atom is 0.239 e. The van der Waals surface area contributed by atoms with Crippen LogP contribution in [-0.2, 0) is 10.2 Å². The second kappa shape index (κ2) is 6.49. The number of rotatable bonds is 4. The normalized spacial score (nSPS) is 11.0. The Morgan fingerprint density at radius 2 is 0.957 bits per heavy atom. The van der Waals surface area contributed by atoms with Gasteiger partial charge in [-0.25, -0.2) is 0 Å². The first-order valence-corrected chi connectivity index (χ1v) is 7.69. The summed E-state index contributed by atoms with van der Waals surface area (Å²) < 4.78 is 0. The Bertz CT molecular complexity index is 670. The molecule has 0 bridgehead atoms. The molecule has 0 aliphatic heterocycles. The van der Waals surface area contributed by atoms with Crippen molar-refractivity contribution < 1.29 is 4.79 Å². The van der Waals surface area contributed by atoms with Crippen LogP contribution >= 0.6 is 0 Å². The largest absolute Gasteiger partial charge is 0.358 e. The highest BCUT2D eigenvalue weighted by atomic mass is 16.2. The predicted molar refractivity (Wildman–Crippen MR) is 93.3 cm³/mol. The van der Waals surface area contributed by atoms with E-state index in [9.17, 15) is 4.79 Å². The molecular formula is C21H19NO. The van der Waals surface area contributed by atoms with Crippen molar-refractivity contribution in [2.75, 3.05) is 7.05 Å². The van der Waals surface area contributed by atoms with Gasteiger partial charge in [-0.15, -0.1) is 0 Å². The Kier molecular flexibility index (Phi) is 4.24. The van der Waals surface area contributed by atoms with E-state index < -0.39 is 5.41 Å². The molecule has 3 aromatic carbocycles. The molecular weight excluding hydrogens is 282 g/mol. The Morgan fingerprint density at radius 1 is 0.652 bits per heavy atom. The van der Waals surface area contributed by atoms with E-state index in [0.717, 1.165) is 16.7 Å². The van der Waals surface area contributed by atoms with Crippen LogP contribution in [0.15, 0.2) is 91.0 Å². The monoisotopic (exact) mass is 301 g/mol. The number of carbonyl (C=O) groups is 1. The third kappa shape index (κ3) is 2.53. The van der Waals surface area contributed by atoms with Gasteiger partial charge in [0.15, 0.2) is 0 Å². The molecule has 0 aromatic heterocycles. The fourth-order valence-corrected chi connectivity index (χ4v) is 3.15. The minimum Gasteiger partial charge on any atom is -0.358 e. The zero-order valence-electron chi connectivity index (χ0n) is 13.1. The lowest BCUT2D eigenvalue weighted by molar-refractivity contribution is -0.123. The molecule has 0 spiro atoms. The molecule has 3 aromatic rings. The smallest absolute Gasteiger partial charge is 0.239 e. The lowest BCUT2D eigenvalue weighted by Gasteiger charge is -2.34. The molecule has 0 atom stereocenters. The summed E-state index contributed by atoms with van der Waals surface area (Å²) in [7, 11) is 1.69. The van der Waals surface area contributed by atoms with Crippen molar-refractivity contribution in [3.8, 4) is 0 Å². The average Bonchev–Trinajstić information content (AvgIpc) is 2.65. The van der Waals surface area contributed by atoms with Gasteiger partial charge in [0.2, 0.25) is 5.91 Å². The summed E-state index contributed by atoms with van der Waals surface area (Å²) in [5.74, 6) is -0.0406. The van der Waals surface area contributed by atoms with Crippen LogP contribution in [0, 0.1) is 0 Å². The quantitative estimate of drug-likeness (QED) is 0.730. The van der Waals surface area contributed by atoms with Crippen LogP contribution in [0.1, 0.15) is 16.7 Å². The van der Waals surface area contributed by atoms with Gasteiger partial charge in [0.05, 0.1) is 0 Å². The van der Waals surface area contributed by atoms with Crippen LogP contribution in [0.25, 0.3) is 0 Å². The predicted octanol–water partition coefficient (Wildman–Crippen LogP) is 3.77. The number of benzene rings is 3. The van der Waals surface area contributed by atoms with Crippen LogP contribution < -0.4 is 5.32 Å². The van der Waals surface area contributed by atoms with Gasteiger partial charge in [-0.05, 0) is 16.7 Å². The standard InChI is InChI=1S/C21H19NO/c1-22-20(23)21(17-11-5-2-6-12-17,18-13-7-3-8-14-18)19-15-9-4-10-16-19/h2-16H,1H3,(H,22,23). The number of carbonyl (C=O) groups excluding carboxylic acids is 1. The van der Waals surface area contributed by atoms with Crippen LogP contribution in [0.3, 0.4) is 0 Å². The van der Waals surface area contributed by atoms with Crippen molar-refractivity contribution in [1.82, 2.24) is 5.32 Å². The molecule has 0 unspecified atom stereocenters. The van der Waals surface area contributed by atoms with Gasteiger partial charge in [-0.3, -0.25) is 4.79 Å². The van der Waals surface area contributed by atoms with Crippen LogP contribution in [-0.4, -0.2) is 13.0 Å². The van der Waals surface area contributed by atoms with Gasteiger partial charge in [0.1, 0.15) is 5.41 Å². The van der Waals surface area contributed by atoms with Gasteiger partial charge in [0, 0.05) is 7.05 Å². The summed E-state index contributed by atoms with van der Waals surface area (Å²) in [5.41, 5.74) is 2.00. The van der Waals surface area contributed by atoms with E-state index >= 15 is 0 Å². The Morgan fingerprint density at radius 3 is 1.22 bits per heavy atom. The SMILES string of the molecule is CNC(=O)C(c1ccccc1)(c1ccccc1)c1ccccc1. The minimum absolute atomic E-state index is 0.0406. The third-order valence-electron chi connectivity index (χ3n) is 4.19. The first-order chi connectivity index (χ1) is 11.3. The molecule has 0 heterocycles. The molecule has 0 aliphatic carbocycles. The van der Waals surface area contributed by atoms with E-state index in [4.69, 9.17) is 0 Å². The second-order valence-corrected chi connectivity index (χ2v) is 5.43. The number of nitrogens with one attached hydrogen (secondary N) is 1. The molecule has 114 valence electrons. The van der Waals surface area contributed by atoms with Crippen molar-refractivity contribution in [1.29, 1.82) is 0 Å². The van der Waals surface area contributed by atoms with E-state index in [2.05, 4.69) is 5.32 Å². The van der Waals surface area contributed by atoms with Crippen molar-refractivity contribution >= 4 is 5.91 Å².